The van der Waals surface area contributed by atoms with E-state index < -0.39 is 0 Å². The molecule has 3 aromatic rings. The SMILES string of the molecule is COc1ccc(OC)c(CSc2nc3ccccc3o2)c1. The Labute approximate surface area is 127 Å². The van der Waals surface area contributed by atoms with Crippen LogP contribution in [-0.4, -0.2) is 19.2 Å². The van der Waals surface area contributed by atoms with Crippen molar-refractivity contribution in [3.05, 3.63) is 48.0 Å². The van der Waals surface area contributed by atoms with Gasteiger partial charge in [0.05, 0.1) is 14.2 Å². The number of hydrogen-bond donors (Lipinski definition) is 0. The fourth-order valence-corrected chi connectivity index (χ4v) is 2.86. The molecule has 0 aliphatic carbocycles. The maximum atomic E-state index is 5.70. The van der Waals surface area contributed by atoms with Crippen LogP contribution < -0.4 is 9.47 Å². The van der Waals surface area contributed by atoms with Crippen molar-refractivity contribution in [2.45, 2.75) is 11.0 Å². The lowest BCUT2D eigenvalue weighted by Gasteiger charge is -2.09. The van der Waals surface area contributed by atoms with Crippen LogP contribution >= 0.6 is 11.8 Å². The summed E-state index contributed by atoms with van der Waals surface area (Å²) < 4.78 is 16.3. The van der Waals surface area contributed by atoms with E-state index in [2.05, 4.69) is 4.98 Å². The van der Waals surface area contributed by atoms with Gasteiger partial charge in [0, 0.05) is 11.3 Å². The van der Waals surface area contributed by atoms with Crippen molar-refractivity contribution in [2.75, 3.05) is 14.2 Å². The van der Waals surface area contributed by atoms with Crippen LogP contribution in [0.4, 0.5) is 0 Å². The minimum Gasteiger partial charge on any atom is -0.497 e. The number of methoxy groups -OCH3 is 2. The van der Waals surface area contributed by atoms with Gasteiger partial charge in [-0.05, 0) is 30.3 Å². The number of aromatic nitrogens is 1. The number of rotatable bonds is 5. The molecule has 108 valence electrons. The Kier molecular flexibility index (Phi) is 4.01. The predicted octanol–water partition coefficient (Wildman–Crippen LogP) is 4.14. The van der Waals surface area contributed by atoms with E-state index in [1.165, 1.54) is 11.8 Å². The molecule has 3 rings (SSSR count). The zero-order valence-corrected chi connectivity index (χ0v) is 12.6. The molecular weight excluding hydrogens is 286 g/mol. The quantitative estimate of drug-likeness (QED) is 0.663. The van der Waals surface area contributed by atoms with Crippen LogP contribution in [-0.2, 0) is 5.75 Å². The normalized spacial score (nSPS) is 10.8. The first kappa shape index (κ1) is 13.8. The Morgan fingerprint density at radius 3 is 2.71 bits per heavy atom. The number of fused-ring (bicyclic) bond motifs is 1. The van der Waals surface area contributed by atoms with Crippen LogP contribution in [0.3, 0.4) is 0 Å². The van der Waals surface area contributed by atoms with Crippen LogP contribution in [0.15, 0.2) is 52.1 Å². The van der Waals surface area contributed by atoms with E-state index in [0.29, 0.717) is 11.0 Å². The van der Waals surface area contributed by atoms with Crippen LogP contribution in [0.2, 0.25) is 0 Å². The average molecular weight is 301 g/mol. The molecular formula is C16H15NO3S. The highest BCUT2D eigenvalue weighted by atomic mass is 32.2. The Morgan fingerprint density at radius 1 is 1.10 bits per heavy atom. The Bertz CT molecular complexity index is 721. The lowest BCUT2D eigenvalue weighted by Crippen LogP contribution is -1.92. The molecule has 0 unspecified atom stereocenters. The molecule has 0 atom stereocenters. The van der Waals surface area contributed by atoms with E-state index in [9.17, 15) is 0 Å². The molecule has 0 aliphatic heterocycles. The number of para-hydroxylation sites is 2. The molecule has 21 heavy (non-hydrogen) atoms. The van der Waals surface area contributed by atoms with Crippen LogP contribution in [0.25, 0.3) is 11.1 Å². The number of benzene rings is 2. The zero-order valence-electron chi connectivity index (χ0n) is 11.8. The third kappa shape index (κ3) is 2.97. The van der Waals surface area contributed by atoms with Crippen molar-refractivity contribution in [2.24, 2.45) is 0 Å². The summed E-state index contributed by atoms with van der Waals surface area (Å²) in [7, 11) is 3.31. The monoisotopic (exact) mass is 301 g/mol. The van der Waals surface area contributed by atoms with E-state index in [0.717, 1.165) is 28.2 Å². The van der Waals surface area contributed by atoms with Crippen LogP contribution in [0, 0.1) is 0 Å². The molecule has 1 aromatic heterocycles. The molecule has 0 bridgehead atoms. The van der Waals surface area contributed by atoms with Gasteiger partial charge >= 0.3 is 0 Å². The summed E-state index contributed by atoms with van der Waals surface area (Å²) in [6.07, 6.45) is 0. The van der Waals surface area contributed by atoms with Gasteiger partial charge < -0.3 is 13.9 Å². The highest BCUT2D eigenvalue weighted by molar-refractivity contribution is 7.98. The first-order valence-corrected chi connectivity index (χ1v) is 7.48. The lowest BCUT2D eigenvalue weighted by molar-refractivity contribution is 0.400. The van der Waals surface area contributed by atoms with Gasteiger partial charge in [-0.2, -0.15) is 0 Å². The highest BCUT2D eigenvalue weighted by Crippen LogP contribution is 2.31. The molecule has 0 saturated carbocycles. The van der Waals surface area contributed by atoms with E-state index in [1.54, 1.807) is 14.2 Å². The van der Waals surface area contributed by atoms with Crippen molar-refractivity contribution >= 4 is 22.9 Å². The van der Waals surface area contributed by atoms with Gasteiger partial charge in [0.1, 0.15) is 17.0 Å². The molecule has 0 fully saturated rings. The lowest BCUT2D eigenvalue weighted by atomic mass is 10.2. The van der Waals surface area contributed by atoms with E-state index >= 15 is 0 Å². The fraction of sp³-hybridized carbons (Fsp3) is 0.188. The number of nitrogens with zero attached hydrogens (tertiary/aromatic N) is 1. The van der Waals surface area contributed by atoms with Gasteiger partial charge in [0.25, 0.3) is 5.22 Å². The second-order valence-electron chi connectivity index (χ2n) is 4.41. The molecule has 0 amide bonds. The molecule has 4 nitrogen and oxygen atoms in total. The fourth-order valence-electron chi connectivity index (χ4n) is 2.05. The minimum absolute atomic E-state index is 0.654. The number of oxazole rings is 1. The summed E-state index contributed by atoms with van der Waals surface area (Å²) in [5, 5.41) is 0.654. The summed E-state index contributed by atoms with van der Waals surface area (Å²) in [5.41, 5.74) is 2.72. The van der Waals surface area contributed by atoms with Gasteiger partial charge in [0.15, 0.2) is 5.58 Å². The molecule has 1 heterocycles. The molecule has 0 N–H and O–H groups in total. The first-order valence-electron chi connectivity index (χ1n) is 6.49. The summed E-state index contributed by atoms with van der Waals surface area (Å²) in [5.74, 6) is 2.34. The second kappa shape index (κ2) is 6.10. The van der Waals surface area contributed by atoms with Crippen LogP contribution in [0.5, 0.6) is 11.5 Å². The molecule has 0 radical (unpaired) electrons. The summed E-state index contributed by atoms with van der Waals surface area (Å²) in [6, 6.07) is 13.5. The van der Waals surface area contributed by atoms with Crippen molar-refractivity contribution in [3.63, 3.8) is 0 Å². The van der Waals surface area contributed by atoms with Crippen molar-refractivity contribution in [3.8, 4) is 11.5 Å². The number of hydrogen-bond acceptors (Lipinski definition) is 5. The molecule has 0 spiro atoms. The first-order chi connectivity index (χ1) is 10.3. The van der Waals surface area contributed by atoms with E-state index in [4.69, 9.17) is 13.9 Å². The Balaban J connectivity index is 1.80. The Morgan fingerprint density at radius 2 is 1.95 bits per heavy atom. The zero-order chi connectivity index (χ0) is 14.7. The second-order valence-corrected chi connectivity index (χ2v) is 5.34. The largest absolute Gasteiger partial charge is 0.497 e. The topological polar surface area (TPSA) is 44.5 Å². The number of ether oxygens (including phenoxy) is 2. The molecule has 2 aromatic carbocycles. The Hall–Kier alpha value is -2.14. The van der Waals surface area contributed by atoms with Gasteiger partial charge in [-0.15, -0.1) is 0 Å². The number of thioether (sulfide) groups is 1. The van der Waals surface area contributed by atoms with Crippen molar-refractivity contribution in [1.82, 2.24) is 4.98 Å². The van der Waals surface area contributed by atoms with E-state index in [-0.39, 0.29) is 0 Å². The van der Waals surface area contributed by atoms with Gasteiger partial charge in [-0.3, -0.25) is 0 Å². The maximum Gasteiger partial charge on any atom is 0.257 e. The van der Waals surface area contributed by atoms with E-state index in [1.807, 2.05) is 42.5 Å². The predicted molar refractivity (Wildman–Crippen MR) is 83.1 cm³/mol. The molecule has 0 saturated heterocycles. The maximum absolute atomic E-state index is 5.70. The average Bonchev–Trinajstić information content (AvgIpc) is 2.95. The minimum atomic E-state index is 0.654. The van der Waals surface area contributed by atoms with Crippen LogP contribution in [0.1, 0.15) is 5.56 Å². The third-order valence-corrected chi connectivity index (χ3v) is 3.99. The standard InChI is InChI=1S/C16H15NO3S/c1-18-12-7-8-14(19-2)11(9-12)10-21-16-17-13-5-3-4-6-15(13)20-16/h3-9H,10H2,1-2H3. The smallest absolute Gasteiger partial charge is 0.257 e. The van der Waals surface area contributed by atoms with Gasteiger partial charge in [-0.25, -0.2) is 4.98 Å². The van der Waals surface area contributed by atoms with Crippen molar-refractivity contribution < 1.29 is 13.9 Å². The summed E-state index contributed by atoms with van der Waals surface area (Å²) >= 11 is 1.53. The molecule has 0 aliphatic rings. The summed E-state index contributed by atoms with van der Waals surface area (Å²) in [6.45, 7) is 0. The third-order valence-electron chi connectivity index (χ3n) is 3.11. The van der Waals surface area contributed by atoms with Gasteiger partial charge in [0.2, 0.25) is 0 Å². The van der Waals surface area contributed by atoms with Gasteiger partial charge in [-0.1, -0.05) is 23.9 Å². The summed E-state index contributed by atoms with van der Waals surface area (Å²) in [4.78, 5) is 4.45. The molecule has 5 heteroatoms. The highest BCUT2D eigenvalue weighted by Gasteiger charge is 2.09. The van der Waals surface area contributed by atoms with Crippen molar-refractivity contribution in [1.29, 1.82) is 0 Å².